The first kappa shape index (κ1) is 23.3. The molecular formula is C27H31FN4O3. The van der Waals surface area contributed by atoms with E-state index in [1.165, 1.54) is 12.1 Å². The van der Waals surface area contributed by atoms with E-state index in [0.29, 0.717) is 37.4 Å². The van der Waals surface area contributed by atoms with Crippen LogP contribution in [-0.2, 0) is 4.79 Å². The molecule has 0 spiro atoms. The highest BCUT2D eigenvalue weighted by Crippen LogP contribution is 2.31. The highest BCUT2D eigenvalue weighted by atomic mass is 19.1. The van der Waals surface area contributed by atoms with E-state index in [1.807, 2.05) is 17.0 Å². The summed E-state index contributed by atoms with van der Waals surface area (Å²) in [6.07, 6.45) is 4.91. The lowest BCUT2D eigenvalue weighted by Crippen LogP contribution is -2.49. The van der Waals surface area contributed by atoms with Crippen molar-refractivity contribution in [1.29, 1.82) is 0 Å². The fourth-order valence-corrected chi connectivity index (χ4v) is 5.02. The Labute approximate surface area is 204 Å². The third-order valence-electron chi connectivity index (χ3n) is 7.38. The number of nitrogens with zero attached hydrogens (tertiary/aromatic N) is 3. The molecule has 0 radical (unpaired) electrons. The molecular weight excluding hydrogens is 447 g/mol. The van der Waals surface area contributed by atoms with Gasteiger partial charge < -0.3 is 20.0 Å². The minimum atomic E-state index is -0.516. The van der Waals surface area contributed by atoms with Crippen molar-refractivity contribution in [2.45, 2.75) is 32.1 Å². The predicted octanol–water partition coefficient (Wildman–Crippen LogP) is 3.76. The van der Waals surface area contributed by atoms with Crippen LogP contribution in [0.1, 0.15) is 52.8 Å². The lowest BCUT2D eigenvalue weighted by atomic mass is 9.85. The van der Waals surface area contributed by atoms with Gasteiger partial charge in [-0.05, 0) is 56.0 Å². The molecule has 1 saturated carbocycles. The normalized spacial score (nSPS) is 18.4. The molecule has 3 fully saturated rings. The average Bonchev–Trinajstić information content (AvgIpc) is 3.37. The van der Waals surface area contributed by atoms with Gasteiger partial charge in [0.1, 0.15) is 5.82 Å². The van der Waals surface area contributed by atoms with Crippen molar-refractivity contribution in [1.82, 2.24) is 9.80 Å². The van der Waals surface area contributed by atoms with Gasteiger partial charge in [0.25, 0.3) is 11.8 Å². The van der Waals surface area contributed by atoms with Crippen molar-refractivity contribution in [3.05, 3.63) is 59.4 Å². The van der Waals surface area contributed by atoms with Gasteiger partial charge in [-0.3, -0.25) is 14.4 Å². The van der Waals surface area contributed by atoms with Crippen LogP contribution in [0.25, 0.3) is 0 Å². The molecule has 0 aromatic heterocycles. The second kappa shape index (κ2) is 10.1. The maximum atomic E-state index is 14.1. The Morgan fingerprint density at radius 1 is 0.771 bits per heavy atom. The molecule has 7 nitrogen and oxygen atoms in total. The summed E-state index contributed by atoms with van der Waals surface area (Å²) in [6.45, 7) is 3.42. The average molecular weight is 479 g/mol. The van der Waals surface area contributed by atoms with Crippen molar-refractivity contribution in [3.63, 3.8) is 0 Å². The number of hydrogen-bond donors (Lipinski definition) is 1. The van der Waals surface area contributed by atoms with Crippen LogP contribution in [0.5, 0.6) is 0 Å². The second-order valence-electron chi connectivity index (χ2n) is 9.61. The Kier molecular flexibility index (Phi) is 6.70. The van der Waals surface area contributed by atoms with Gasteiger partial charge >= 0.3 is 0 Å². The number of likely N-dealkylation sites (tertiary alicyclic amines) is 1. The van der Waals surface area contributed by atoms with Crippen molar-refractivity contribution in [3.8, 4) is 0 Å². The lowest BCUT2D eigenvalue weighted by Gasteiger charge is -2.37. The molecule has 2 heterocycles. The summed E-state index contributed by atoms with van der Waals surface area (Å²) < 4.78 is 14.1. The molecule has 2 saturated heterocycles. The summed E-state index contributed by atoms with van der Waals surface area (Å²) in [5, 5.41) is 2.99. The molecule has 0 atom stereocenters. The number of benzene rings is 2. The van der Waals surface area contributed by atoms with Crippen LogP contribution in [0.3, 0.4) is 0 Å². The van der Waals surface area contributed by atoms with E-state index in [0.717, 1.165) is 50.9 Å². The number of amides is 3. The zero-order chi connectivity index (χ0) is 24.4. The minimum absolute atomic E-state index is 0.0174. The first-order valence-corrected chi connectivity index (χ1v) is 12.5. The smallest absolute Gasteiger partial charge is 0.256 e. The monoisotopic (exact) mass is 478 g/mol. The standard InChI is InChI=1S/C27H31FN4O3/c28-23-9-2-1-8-21(23)26(34)32-16-14-30(15-17-32)24-11-10-20(29-25(33)19-6-5-7-19)18-22(24)27(35)31-12-3-4-13-31/h1-2,8-11,18-19H,3-7,12-17H2,(H,29,33). The Hall–Kier alpha value is -3.42. The number of piperazine rings is 1. The molecule has 3 aliphatic rings. The number of nitrogens with one attached hydrogen (secondary N) is 1. The molecule has 2 aromatic rings. The maximum Gasteiger partial charge on any atom is 0.256 e. The fraction of sp³-hybridized carbons (Fsp3) is 0.444. The van der Waals surface area contributed by atoms with Crippen molar-refractivity contribution >= 4 is 29.1 Å². The Balaban J connectivity index is 1.33. The molecule has 5 rings (SSSR count). The van der Waals surface area contributed by atoms with E-state index < -0.39 is 5.82 Å². The minimum Gasteiger partial charge on any atom is -0.367 e. The summed E-state index contributed by atoms with van der Waals surface area (Å²) in [7, 11) is 0. The van der Waals surface area contributed by atoms with Crippen molar-refractivity contribution in [2.24, 2.45) is 5.92 Å². The Morgan fingerprint density at radius 3 is 2.09 bits per heavy atom. The summed E-state index contributed by atoms with van der Waals surface area (Å²) in [4.78, 5) is 44.3. The number of anilines is 2. The third-order valence-corrected chi connectivity index (χ3v) is 7.38. The van der Waals surface area contributed by atoms with Crippen LogP contribution in [0.2, 0.25) is 0 Å². The number of carbonyl (C=O) groups is 3. The molecule has 0 bridgehead atoms. The number of halogens is 1. The van der Waals surface area contributed by atoms with Crippen molar-refractivity contribution < 1.29 is 18.8 Å². The van der Waals surface area contributed by atoms with Crippen LogP contribution < -0.4 is 10.2 Å². The van der Waals surface area contributed by atoms with Crippen molar-refractivity contribution in [2.75, 3.05) is 49.5 Å². The first-order chi connectivity index (χ1) is 17.0. The van der Waals surface area contributed by atoms with Gasteiger partial charge in [-0.25, -0.2) is 4.39 Å². The highest BCUT2D eigenvalue weighted by molar-refractivity contribution is 6.02. The van der Waals surface area contributed by atoms with E-state index in [-0.39, 0.29) is 29.2 Å². The molecule has 2 aromatic carbocycles. The van der Waals surface area contributed by atoms with Gasteiger partial charge in [-0.1, -0.05) is 18.6 Å². The maximum absolute atomic E-state index is 14.1. The van der Waals surface area contributed by atoms with Crippen LogP contribution in [0.4, 0.5) is 15.8 Å². The van der Waals surface area contributed by atoms with Gasteiger partial charge in [0.15, 0.2) is 0 Å². The summed E-state index contributed by atoms with van der Waals surface area (Å²) in [6, 6.07) is 11.6. The molecule has 184 valence electrons. The van der Waals surface area contributed by atoms with E-state index >= 15 is 0 Å². The van der Waals surface area contributed by atoms with Crippen LogP contribution in [-0.4, -0.2) is 66.8 Å². The molecule has 35 heavy (non-hydrogen) atoms. The van der Waals surface area contributed by atoms with E-state index in [4.69, 9.17) is 0 Å². The molecule has 8 heteroatoms. The Morgan fingerprint density at radius 2 is 1.43 bits per heavy atom. The zero-order valence-corrected chi connectivity index (χ0v) is 19.8. The zero-order valence-electron chi connectivity index (χ0n) is 19.8. The van der Waals surface area contributed by atoms with Crippen LogP contribution in [0.15, 0.2) is 42.5 Å². The molecule has 1 N–H and O–H groups in total. The lowest BCUT2D eigenvalue weighted by molar-refractivity contribution is -0.122. The largest absolute Gasteiger partial charge is 0.367 e. The summed E-state index contributed by atoms with van der Waals surface area (Å²) >= 11 is 0. The van der Waals surface area contributed by atoms with E-state index in [2.05, 4.69) is 10.2 Å². The predicted molar refractivity (Wildman–Crippen MR) is 132 cm³/mol. The van der Waals surface area contributed by atoms with Gasteiger partial charge in [-0.15, -0.1) is 0 Å². The Bertz CT molecular complexity index is 1120. The van der Waals surface area contributed by atoms with Gasteiger partial charge in [0.2, 0.25) is 5.91 Å². The van der Waals surface area contributed by atoms with Crippen LogP contribution in [0, 0.1) is 11.7 Å². The molecule has 3 amide bonds. The SMILES string of the molecule is O=C(Nc1ccc(N2CCN(C(=O)c3ccccc3F)CC2)c(C(=O)N2CCCC2)c1)C1CCC1. The summed E-state index contributed by atoms with van der Waals surface area (Å²) in [5.41, 5.74) is 2.10. The van der Waals surface area contributed by atoms with Gasteiger partial charge in [0.05, 0.1) is 11.1 Å². The molecule has 0 unspecified atom stereocenters. The molecule has 1 aliphatic carbocycles. The number of carbonyl (C=O) groups excluding carboxylic acids is 3. The van der Waals surface area contributed by atoms with Gasteiger partial charge in [-0.2, -0.15) is 0 Å². The molecule has 2 aliphatic heterocycles. The highest BCUT2D eigenvalue weighted by Gasteiger charge is 2.29. The first-order valence-electron chi connectivity index (χ1n) is 12.5. The van der Waals surface area contributed by atoms with Gasteiger partial charge in [0, 0.05) is 56.6 Å². The number of rotatable bonds is 5. The topological polar surface area (TPSA) is 73.0 Å². The third kappa shape index (κ3) is 4.88. The number of hydrogen-bond acceptors (Lipinski definition) is 4. The van der Waals surface area contributed by atoms with E-state index in [1.54, 1.807) is 23.1 Å². The second-order valence-corrected chi connectivity index (χ2v) is 9.61. The van der Waals surface area contributed by atoms with Crippen LogP contribution >= 0.6 is 0 Å². The van der Waals surface area contributed by atoms with E-state index in [9.17, 15) is 18.8 Å². The quantitative estimate of drug-likeness (QED) is 0.710. The summed E-state index contributed by atoms with van der Waals surface area (Å²) in [5.74, 6) is -0.776. The fourth-order valence-electron chi connectivity index (χ4n) is 5.02.